The minimum Gasteiger partial charge on any atom is -0.467 e. The number of esters is 1. The van der Waals surface area contributed by atoms with Crippen molar-refractivity contribution in [2.75, 3.05) is 7.11 Å². The van der Waals surface area contributed by atoms with Crippen LogP contribution in [0.15, 0.2) is 12.7 Å². The van der Waals surface area contributed by atoms with Gasteiger partial charge in [-0.15, -0.1) is 6.58 Å². The molecule has 0 rings (SSSR count). The number of carbonyl (C=O) groups excluding carboxylic acids is 1. The van der Waals surface area contributed by atoms with E-state index in [1.807, 2.05) is 0 Å². The van der Waals surface area contributed by atoms with Gasteiger partial charge in [0.25, 0.3) is 0 Å². The summed E-state index contributed by atoms with van der Waals surface area (Å²) in [5.74, 6) is -0.632. The van der Waals surface area contributed by atoms with Gasteiger partial charge in [-0.2, -0.15) is 0 Å². The second-order valence-electron chi connectivity index (χ2n) is 2.26. The van der Waals surface area contributed by atoms with Crippen molar-refractivity contribution < 1.29 is 14.6 Å². The van der Waals surface area contributed by atoms with Crippen molar-refractivity contribution in [2.45, 2.75) is 18.9 Å². The molecular formula is C7H12O3. The summed E-state index contributed by atoms with van der Waals surface area (Å²) in [6.07, 6.45) is 1.68. The van der Waals surface area contributed by atoms with Crippen molar-refractivity contribution in [1.82, 2.24) is 0 Å². The summed E-state index contributed by atoms with van der Waals surface area (Å²) in [5, 5.41) is 9.24. The van der Waals surface area contributed by atoms with E-state index in [0.717, 1.165) is 0 Å². The average molecular weight is 144 g/mol. The highest BCUT2D eigenvalue weighted by atomic mass is 16.5. The van der Waals surface area contributed by atoms with Crippen LogP contribution in [0.3, 0.4) is 0 Å². The Labute approximate surface area is 60.3 Å². The van der Waals surface area contributed by atoms with Gasteiger partial charge in [0.15, 0.2) is 5.60 Å². The maximum Gasteiger partial charge on any atom is 0.337 e. The lowest BCUT2D eigenvalue weighted by molar-refractivity contribution is -0.160. The molecule has 0 fully saturated rings. The number of rotatable bonds is 3. The normalized spacial score (nSPS) is 15.5. The van der Waals surface area contributed by atoms with E-state index < -0.39 is 11.6 Å². The fraction of sp³-hybridized carbons (Fsp3) is 0.571. The largest absolute Gasteiger partial charge is 0.467 e. The molecule has 0 aromatic rings. The van der Waals surface area contributed by atoms with Crippen LogP contribution in [0.1, 0.15) is 13.3 Å². The summed E-state index contributed by atoms with van der Waals surface area (Å²) < 4.78 is 4.33. The van der Waals surface area contributed by atoms with Crippen molar-refractivity contribution >= 4 is 5.97 Å². The van der Waals surface area contributed by atoms with E-state index >= 15 is 0 Å². The Morgan fingerprint density at radius 2 is 2.40 bits per heavy atom. The lowest BCUT2D eigenvalue weighted by atomic mass is 10.0. The molecule has 1 N–H and O–H groups in total. The molecular weight excluding hydrogens is 132 g/mol. The molecule has 0 bridgehead atoms. The summed E-state index contributed by atoms with van der Waals surface area (Å²) in [6.45, 7) is 4.78. The van der Waals surface area contributed by atoms with Crippen molar-refractivity contribution in [3.63, 3.8) is 0 Å². The van der Waals surface area contributed by atoms with Gasteiger partial charge in [0.2, 0.25) is 0 Å². The van der Waals surface area contributed by atoms with Crippen LogP contribution in [-0.2, 0) is 9.53 Å². The molecule has 1 atom stereocenters. The van der Waals surface area contributed by atoms with Crippen molar-refractivity contribution in [3.05, 3.63) is 12.7 Å². The Balaban J connectivity index is 4.08. The zero-order valence-corrected chi connectivity index (χ0v) is 6.26. The van der Waals surface area contributed by atoms with Crippen LogP contribution in [0.4, 0.5) is 0 Å². The van der Waals surface area contributed by atoms with E-state index in [4.69, 9.17) is 0 Å². The van der Waals surface area contributed by atoms with Crippen LogP contribution < -0.4 is 0 Å². The zero-order valence-electron chi connectivity index (χ0n) is 6.26. The first-order chi connectivity index (χ1) is 4.54. The lowest BCUT2D eigenvalue weighted by Crippen LogP contribution is -2.35. The van der Waals surface area contributed by atoms with E-state index in [0.29, 0.717) is 0 Å². The number of hydrogen-bond donors (Lipinski definition) is 1. The number of hydrogen-bond acceptors (Lipinski definition) is 3. The van der Waals surface area contributed by atoms with Crippen LogP contribution in [0, 0.1) is 0 Å². The second-order valence-corrected chi connectivity index (χ2v) is 2.26. The molecule has 0 radical (unpaired) electrons. The second kappa shape index (κ2) is 3.37. The van der Waals surface area contributed by atoms with Gasteiger partial charge in [-0.1, -0.05) is 6.08 Å². The first kappa shape index (κ1) is 9.17. The van der Waals surface area contributed by atoms with Gasteiger partial charge in [-0.25, -0.2) is 4.79 Å². The molecule has 0 aliphatic rings. The molecule has 0 aromatic carbocycles. The maximum absolute atomic E-state index is 10.7. The minimum atomic E-state index is -1.42. The van der Waals surface area contributed by atoms with E-state index in [9.17, 15) is 9.90 Å². The SMILES string of the molecule is C=CC[C@](C)(O)C(=O)OC. The molecule has 3 heteroatoms. The van der Waals surface area contributed by atoms with Gasteiger partial charge >= 0.3 is 5.97 Å². The van der Waals surface area contributed by atoms with E-state index in [-0.39, 0.29) is 6.42 Å². The molecule has 58 valence electrons. The van der Waals surface area contributed by atoms with Gasteiger partial charge < -0.3 is 9.84 Å². The van der Waals surface area contributed by atoms with Gasteiger partial charge in [0, 0.05) is 6.42 Å². The summed E-state index contributed by atoms with van der Waals surface area (Å²) in [5.41, 5.74) is -1.42. The van der Waals surface area contributed by atoms with E-state index in [1.165, 1.54) is 20.1 Å². The van der Waals surface area contributed by atoms with Crippen LogP contribution in [0.25, 0.3) is 0 Å². The molecule has 0 saturated heterocycles. The van der Waals surface area contributed by atoms with E-state index in [2.05, 4.69) is 11.3 Å². The van der Waals surface area contributed by atoms with Gasteiger partial charge in [0.1, 0.15) is 0 Å². The number of ether oxygens (including phenoxy) is 1. The third-order valence-electron chi connectivity index (χ3n) is 1.17. The summed E-state index contributed by atoms with van der Waals surface area (Å²) in [4.78, 5) is 10.7. The monoisotopic (exact) mass is 144 g/mol. The van der Waals surface area contributed by atoms with Gasteiger partial charge in [-0.3, -0.25) is 0 Å². The number of carbonyl (C=O) groups is 1. The first-order valence-corrected chi connectivity index (χ1v) is 2.96. The average Bonchev–Trinajstić information content (AvgIpc) is 1.86. The van der Waals surface area contributed by atoms with Gasteiger partial charge in [-0.05, 0) is 6.92 Å². The third-order valence-corrected chi connectivity index (χ3v) is 1.17. The number of aliphatic hydroxyl groups is 1. The molecule has 0 amide bonds. The first-order valence-electron chi connectivity index (χ1n) is 2.96. The maximum atomic E-state index is 10.7. The highest BCUT2D eigenvalue weighted by Gasteiger charge is 2.29. The molecule has 3 nitrogen and oxygen atoms in total. The summed E-state index contributed by atoms with van der Waals surface area (Å²) in [6, 6.07) is 0. The van der Waals surface area contributed by atoms with Crippen LogP contribution >= 0.6 is 0 Å². The topological polar surface area (TPSA) is 46.5 Å². The third kappa shape index (κ3) is 2.19. The molecule has 0 saturated carbocycles. The van der Waals surface area contributed by atoms with Gasteiger partial charge in [0.05, 0.1) is 7.11 Å². The Hall–Kier alpha value is -0.830. The molecule has 0 aliphatic heterocycles. The van der Waals surface area contributed by atoms with Crippen molar-refractivity contribution in [2.24, 2.45) is 0 Å². The fourth-order valence-electron chi connectivity index (χ4n) is 0.584. The number of methoxy groups -OCH3 is 1. The fourth-order valence-corrected chi connectivity index (χ4v) is 0.584. The quantitative estimate of drug-likeness (QED) is 0.463. The van der Waals surface area contributed by atoms with Crippen LogP contribution in [-0.4, -0.2) is 23.8 Å². The standard InChI is InChI=1S/C7H12O3/c1-4-5-7(2,9)6(8)10-3/h4,9H,1,5H2,2-3H3/t7-/m0/s1. The van der Waals surface area contributed by atoms with Crippen molar-refractivity contribution in [1.29, 1.82) is 0 Å². The van der Waals surface area contributed by atoms with Crippen LogP contribution in [0.2, 0.25) is 0 Å². The Morgan fingerprint density at radius 3 is 2.70 bits per heavy atom. The molecule has 0 aliphatic carbocycles. The molecule has 0 unspecified atom stereocenters. The zero-order chi connectivity index (χ0) is 8.20. The Morgan fingerprint density at radius 1 is 1.90 bits per heavy atom. The molecule has 10 heavy (non-hydrogen) atoms. The highest BCUT2D eigenvalue weighted by molar-refractivity contribution is 5.78. The predicted molar refractivity (Wildman–Crippen MR) is 37.5 cm³/mol. The minimum absolute atomic E-state index is 0.208. The molecule has 0 spiro atoms. The smallest absolute Gasteiger partial charge is 0.337 e. The van der Waals surface area contributed by atoms with E-state index in [1.54, 1.807) is 0 Å². The Kier molecular flexibility index (Phi) is 3.09. The summed E-state index contributed by atoms with van der Waals surface area (Å²) in [7, 11) is 1.24. The Bertz CT molecular complexity index is 138. The predicted octanol–water partition coefficient (Wildman–Crippen LogP) is 0.486. The molecule has 0 aromatic heterocycles. The van der Waals surface area contributed by atoms with Crippen LogP contribution in [0.5, 0.6) is 0 Å². The lowest BCUT2D eigenvalue weighted by Gasteiger charge is -2.17. The van der Waals surface area contributed by atoms with Crippen molar-refractivity contribution in [3.8, 4) is 0 Å². The summed E-state index contributed by atoms with van der Waals surface area (Å²) >= 11 is 0. The highest BCUT2D eigenvalue weighted by Crippen LogP contribution is 2.10. The molecule has 0 heterocycles.